The number of carboxylic acids is 3. The highest BCUT2D eigenvalue weighted by Gasteiger charge is 2.24. The highest BCUT2D eigenvalue weighted by atomic mass is 16.4. The first-order valence-corrected chi connectivity index (χ1v) is 17.1. The molecule has 0 radical (unpaired) electrons. The molecule has 6 N–H and O–H groups in total. The zero-order valence-corrected chi connectivity index (χ0v) is 27.7. The second kappa shape index (κ2) is 36.5. The van der Waals surface area contributed by atoms with Crippen molar-refractivity contribution in [3.05, 3.63) is 0 Å². The van der Waals surface area contributed by atoms with Crippen LogP contribution in [0.3, 0.4) is 0 Å². The van der Waals surface area contributed by atoms with Crippen LogP contribution in [-0.4, -0.2) is 68.4 Å². The zero-order chi connectivity index (χ0) is 33.0. The molecule has 43 heavy (non-hydrogen) atoms. The predicted molar refractivity (Wildman–Crippen MR) is 173 cm³/mol. The maximum absolute atomic E-state index is 10.4. The zero-order valence-electron chi connectivity index (χ0n) is 27.7. The van der Waals surface area contributed by atoms with E-state index in [0.717, 1.165) is 12.8 Å². The molecule has 0 bridgehead atoms. The lowest BCUT2D eigenvalue weighted by Crippen LogP contribution is -2.32. The van der Waals surface area contributed by atoms with Crippen molar-refractivity contribution < 1.29 is 45.0 Å². The molecule has 0 atom stereocenters. The fraction of sp³-hybridized carbons (Fsp3) is 0.912. The van der Waals surface area contributed by atoms with E-state index in [4.69, 9.17) is 30.6 Å². The summed E-state index contributed by atoms with van der Waals surface area (Å²) in [5.74, 6) is -2.39. The van der Waals surface area contributed by atoms with Crippen LogP contribution < -0.4 is 0 Å². The third-order valence-corrected chi connectivity index (χ3v) is 7.78. The van der Waals surface area contributed by atoms with Gasteiger partial charge in [0.15, 0.2) is 0 Å². The first-order valence-electron chi connectivity index (χ1n) is 17.1. The van der Waals surface area contributed by atoms with Gasteiger partial charge in [-0.25, -0.2) is 0 Å². The SMILES string of the molecule is CCC(CO)(CO)CO.CCCCCCCCCCCCCCCCCCCCCC(=O)O.O=C(O)CCCCC(=O)O. The van der Waals surface area contributed by atoms with Gasteiger partial charge in [0.1, 0.15) is 0 Å². The number of carbonyl (C=O) groups is 3. The Balaban J connectivity index is -0.000000687. The summed E-state index contributed by atoms with van der Waals surface area (Å²) in [4.78, 5) is 30.2. The molecule has 0 unspecified atom stereocenters. The van der Waals surface area contributed by atoms with E-state index in [0.29, 0.717) is 25.7 Å². The van der Waals surface area contributed by atoms with Gasteiger partial charge in [-0.1, -0.05) is 129 Å². The lowest BCUT2D eigenvalue weighted by molar-refractivity contribution is -0.139. The van der Waals surface area contributed by atoms with Crippen LogP contribution in [0.1, 0.15) is 174 Å². The molecule has 0 aliphatic carbocycles. The molecule has 0 aromatic rings. The van der Waals surface area contributed by atoms with Gasteiger partial charge in [0.05, 0.1) is 19.8 Å². The van der Waals surface area contributed by atoms with Crippen LogP contribution in [0.15, 0.2) is 0 Å². The van der Waals surface area contributed by atoms with E-state index in [9.17, 15) is 14.4 Å². The molecule has 9 heteroatoms. The van der Waals surface area contributed by atoms with Gasteiger partial charge in [0.25, 0.3) is 0 Å². The van der Waals surface area contributed by atoms with Crippen molar-refractivity contribution in [3.63, 3.8) is 0 Å². The van der Waals surface area contributed by atoms with Crippen molar-refractivity contribution in [2.24, 2.45) is 5.41 Å². The average molecular weight is 621 g/mol. The molecule has 0 heterocycles. The van der Waals surface area contributed by atoms with E-state index >= 15 is 0 Å². The van der Waals surface area contributed by atoms with Gasteiger partial charge in [0, 0.05) is 24.7 Å². The van der Waals surface area contributed by atoms with Crippen molar-refractivity contribution in [2.45, 2.75) is 174 Å². The van der Waals surface area contributed by atoms with Gasteiger partial charge in [-0.05, 0) is 25.7 Å². The summed E-state index contributed by atoms with van der Waals surface area (Å²) in [5.41, 5.74) is -0.667. The maximum Gasteiger partial charge on any atom is 0.303 e. The minimum Gasteiger partial charge on any atom is -0.481 e. The summed E-state index contributed by atoms with van der Waals surface area (Å²) in [5, 5.41) is 50.8. The Morgan fingerprint density at radius 3 is 0.767 bits per heavy atom. The van der Waals surface area contributed by atoms with Crippen LogP contribution in [0.5, 0.6) is 0 Å². The number of hydrogen-bond acceptors (Lipinski definition) is 6. The minimum absolute atomic E-state index is 0.0628. The lowest BCUT2D eigenvalue weighted by Gasteiger charge is -2.24. The number of aliphatic hydroxyl groups is 3. The summed E-state index contributed by atoms with van der Waals surface area (Å²) in [6, 6.07) is 0. The average Bonchev–Trinajstić information content (AvgIpc) is 2.98. The third kappa shape index (κ3) is 40.3. The lowest BCUT2D eigenvalue weighted by atomic mass is 9.88. The third-order valence-electron chi connectivity index (χ3n) is 7.78. The summed E-state index contributed by atoms with van der Waals surface area (Å²) in [6.07, 6.45) is 27.7. The molecule has 0 fully saturated rings. The second-order valence-corrected chi connectivity index (χ2v) is 11.8. The predicted octanol–water partition coefficient (Wildman–Crippen LogP) is 7.97. The fourth-order valence-electron chi connectivity index (χ4n) is 4.39. The van der Waals surface area contributed by atoms with Crippen molar-refractivity contribution in [1.29, 1.82) is 0 Å². The Morgan fingerprint density at radius 1 is 0.395 bits per heavy atom. The van der Waals surface area contributed by atoms with E-state index in [1.165, 1.54) is 109 Å². The molecule has 0 saturated heterocycles. The van der Waals surface area contributed by atoms with Crippen molar-refractivity contribution >= 4 is 17.9 Å². The molecular formula is C34H68O9. The second-order valence-electron chi connectivity index (χ2n) is 11.8. The normalized spacial score (nSPS) is 10.8. The topological polar surface area (TPSA) is 173 Å². The number of aliphatic carboxylic acids is 3. The number of aliphatic hydroxyl groups excluding tert-OH is 3. The Kier molecular flexibility index (Phi) is 38.8. The van der Waals surface area contributed by atoms with Crippen LogP contribution in [0.25, 0.3) is 0 Å². The molecule has 258 valence electrons. The Bertz CT molecular complexity index is 573. The van der Waals surface area contributed by atoms with Crippen LogP contribution in [-0.2, 0) is 14.4 Å². The molecule has 0 aliphatic rings. The quantitative estimate of drug-likeness (QED) is 0.0453. The molecule has 0 aliphatic heterocycles. The first-order chi connectivity index (χ1) is 20.6. The molecule has 0 aromatic carbocycles. The Labute approximate surface area is 262 Å². The van der Waals surface area contributed by atoms with Crippen LogP contribution >= 0.6 is 0 Å². The van der Waals surface area contributed by atoms with Crippen molar-refractivity contribution in [2.75, 3.05) is 19.8 Å². The summed E-state index contributed by atoms with van der Waals surface area (Å²) in [7, 11) is 0. The van der Waals surface area contributed by atoms with Gasteiger partial charge in [0.2, 0.25) is 0 Å². The number of rotatable bonds is 29. The number of carboxylic acid groups (broad SMARTS) is 3. The summed E-state index contributed by atoms with van der Waals surface area (Å²) >= 11 is 0. The van der Waals surface area contributed by atoms with E-state index in [-0.39, 0.29) is 32.7 Å². The molecule has 9 nitrogen and oxygen atoms in total. The van der Waals surface area contributed by atoms with Gasteiger partial charge in [-0.2, -0.15) is 0 Å². The molecule has 0 rings (SSSR count). The van der Waals surface area contributed by atoms with Gasteiger partial charge in [-0.15, -0.1) is 0 Å². The van der Waals surface area contributed by atoms with Crippen LogP contribution in [0.4, 0.5) is 0 Å². The smallest absolute Gasteiger partial charge is 0.303 e. The largest absolute Gasteiger partial charge is 0.481 e. The standard InChI is InChI=1S/C22H44O2.C6H10O4.C6H14O3/c1-2-3-4-5-6-7-8-9-10-11-12-13-14-15-16-17-18-19-20-21-22(23)24;7-5(8)3-1-2-4-6(9)10;1-2-6(3-7,4-8)5-9/h2-21H2,1H3,(H,23,24);1-4H2,(H,7,8)(H,9,10);7-9H,2-5H2,1H3. The molecule has 0 amide bonds. The van der Waals surface area contributed by atoms with E-state index in [1.807, 2.05) is 6.92 Å². The Morgan fingerprint density at radius 2 is 0.605 bits per heavy atom. The minimum atomic E-state index is -0.870. The first kappa shape index (κ1) is 45.7. The fourth-order valence-corrected chi connectivity index (χ4v) is 4.39. The van der Waals surface area contributed by atoms with E-state index in [1.54, 1.807) is 0 Å². The summed E-state index contributed by atoms with van der Waals surface area (Å²) < 4.78 is 0. The number of hydrogen-bond donors (Lipinski definition) is 6. The Hall–Kier alpha value is -1.71. The monoisotopic (exact) mass is 620 g/mol. The van der Waals surface area contributed by atoms with Crippen LogP contribution in [0, 0.1) is 5.41 Å². The van der Waals surface area contributed by atoms with E-state index < -0.39 is 23.3 Å². The van der Waals surface area contributed by atoms with Crippen molar-refractivity contribution in [1.82, 2.24) is 0 Å². The van der Waals surface area contributed by atoms with E-state index in [2.05, 4.69) is 6.92 Å². The number of unbranched alkanes of at least 4 members (excludes halogenated alkanes) is 19. The van der Waals surface area contributed by atoms with Gasteiger partial charge in [-0.3, -0.25) is 14.4 Å². The van der Waals surface area contributed by atoms with Gasteiger partial charge >= 0.3 is 17.9 Å². The highest BCUT2D eigenvalue weighted by molar-refractivity contribution is 5.68. The van der Waals surface area contributed by atoms with Gasteiger partial charge < -0.3 is 30.6 Å². The molecule has 0 saturated carbocycles. The summed E-state index contributed by atoms with van der Waals surface area (Å²) in [6.45, 7) is 3.64. The molecule has 0 aromatic heterocycles. The molecular weight excluding hydrogens is 552 g/mol. The van der Waals surface area contributed by atoms with Crippen molar-refractivity contribution in [3.8, 4) is 0 Å². The molecule has 0 spiro atoms. The maximum atomic E-state index is 10.4. The van der Waals surface area contributed by atoms with Crippen LogP contribution in [0.2, 0.25) is 0 Å². The highest BCUT2D eigenvalue weighted by Crippen LogP contribution is 2.18.